The summed E-state index contributed by atoms with van der Waals surface area (Å²) >= 11 is 5.79. The maximum Gasteiger partial charge on any atom is 0.340 e. The summed E-state index contributed by atoms with van der Waals surface area (Å²) in [5.41, 5.74) is 0.0824. The van der Waals surface area contributed by atoms with E-state index in [9.17, 15) is 13.2 Å². The minimum Gasteiger partial charge on any atom is -0.465 e. The third-order valence-electron chi connectivity index (χ3n) is 2.39. The van der Waals surface area contributed by atoms with Crippen LogP contribution in [0.2, 0.25) is 5.02 Å². The number of carbonyl (C=O) groups excluding carboxylic acids is 1. The SMILES string of the molecule is COC(=O)c1cc(Cl)ccc1NS(=O)(=O)c1cnc[nH]1. The maximum atomic E-state index is 12.0. The zero-order chi connectivity index (χ0) is 14.8. The second-order valence-electron chi connectivity index (χ2n) is 3.70. The number of benzene rings is 1. The number of nitrogens with zero attached hydrogens (tertiary/aromatic N) is 1. The van der Waals surface area contributed by atoms with E-state index in [0.717, 1.165) is 6.20 Å². The van der Waals surface area contributed by atoms with Crippen LogP contribution in [-0.4, -0.2) is 31.5 Å². The highest BCUT2D eigenvalue weighted by Gasteiger charge is 2.20. The Balaban J connectivity index is 2.42. The van der Waals surface area contributed by atoms with Crippen LogP contribution >= 0.6 is 11.6 Å². The molecule has 9 heteroatoms. The number of imidazole rings is 1. The number of halogens is 1. The number of hydrogen-bond acceptors (Lipinski definition) is 5. The first-order valence-corrected chi connectivity index (χ1v) is 7.19. The molecule has 7 nitrogen and oxygen atoms in total. The van der Waals surface area contributed by atoms with E-state index in [1.54, 1.807) is 0 Å². The minimum absolute atomic E-state index is 0.0168. The number of carbonyl (C=O) groups is 1. The summed E-state index contributed by atoms with van der Waals surface area (Å²) in [6, 6.07) is 4.15. The number of hydrogen-bond donors (Lipinski definition) is 2. The Morgan fingerprint density at radius 3 is 2.80 bits per heavy atom. The second-order valence-corrected chi connectivity index (χ2v) is 5.79. The number of sulfonamides is 1. The van der Waals surface area contributed by atoms with E-state index in [0.29, 0.717) is 0 Å². The lowest BCUT2D eigenvalue weighted by Crippen LogP contribution is -2.16. The molecule has 0 radical (unpaired) electrons. The molecule has 106 valence electrons. The third kappa shape index (κ3) is 2.91. The lowest BCUT2D eigenvalue weighted by Gasteiger charge is -2.10. The third-order valence-corrected chi connectivity index (χ3v) is 3.92. The van der Waals surface area contributed by atoms with Crippen LogP contribution in [0.1, 0.15) is 10.4 Å². The van der Waals surface area contributed by atoms with Gasteiger partial charge in [0.25, 0.3) is 10.0 Å². The van der Waals surface area contributed by atoms with E-state index < -0.39 is 16.0 Å². The van der Waals surface area contributed by atoms with E-state index in [2.05, 4.69) is 19.4 Å². The average molecular weight is 316 g/mol. The Hall–Kier alpha value is -2.06. The monoisotopic (exact) mass is 315 g/mol. The van der Waals surface area contributed by atoms with Gasteiger partial charge in [0.2, 0.25) is 0 Å². The predicted octanol–water partition coefficient (Wildman–Crippen LogP) is 1.65. The van der Waals surface area contributed by atoms with Crippen molar-refractivity contribution in [1.29, 1.82) is 0 Å². The first-order valence-electron chi connectivity index (χ1n) is 5.33. The number of esters is 1. The second kappa shape index (κ2) is 5.51. The molecular formula is C11H10ClN3O4S. The summed E-state index contributed by atoms with van der Waals surface area (Å²) in [4.78, 5) is 17.7. The van der Waals surface area contributed by atoms with Crippen molar-refractivity contribution in [3.8, 4) is 0 Å². The predicted molar refractivity (Wildman–Crippen MR) is 72.2 cm³/mol. The topological polar surface area (TPSA) is 101 Å². The molecular weight excluding hydrogens is 306 g/mol. The number of rotatable bonds is 4. The molecule has 1 heterocycles. The number of ether oxygens (including phenoxy) is 1. The molecule has 0 amide bonds. The molecule has 0 aliphatic rings. The van der Waals surface area contributed by atoms with E-state index in [1.165, 1.54) is 31.6 Å². The van der Waals surface area contributed by atoms with Crippen molar-refractivity contribution in [2.75, 3.05) is 11.8 Å². The first-order chi connectivity index (χ1) is 9.44. The number of anilines is 1. The summed E-state index contributed by atoms with van der Waals surface area (Å²) in [5, 5.41) is 0.165. The van der Waals surface area contributed by atoms with E-state index in [4.69, 9.17) is 11.6 Å². The summed E-state index contributed by atoms with van der Waals surface area (Å²) in [6.45, 7) is 0. The lowest BCUT2D eigenvalue weighted by molar-refractivity contribution is 0.0602. The van der Waals surface area contributed by atoms with Crippen LogP contribution in [0.4, 0.5) is 5.69 Å². The lowest BCUT2D eigenvalue weighted by atomic mass is 10.2. The van der Waals surface area contributed by atoms with Gasteiger partial charge >= 0.3 is 5.97 Å². The van der Waals surface area contributed by atoms with Crippen molar-refractivity contribution < 1.29 is 17.9 Å². The fraction of sp³-hybridized carbons (Fsp3) is 0.0909. The quantitative estimate of drug-likeness (QED) is 0.835. The van der Waals surface area contributed by atoms with Gasteiger partial charge in [-0.15, -0.1) is 0 Å². The molecule has 0 fully saturated rings. The molecule has 0 atom stereocenters. The van der Waals surface area contributed by atoms with Gasteiger partial charge in [-0.3, -0.25) is 4.72 Å². The summed E-state index contributed by atoms with van der Waals surface area (Å²) in [5.74, 6) is -0.699. The molecule has 0 saturated heterocycles. The standard InChI is InChI=1S/C11H10ClN3O4S/c1-19-11(16)8-4-7(12)2-3-9(8)15-20(17,18)10-5-13-6-14-10/h2-6,15H,1H3,(H,13,14). The van der Waals surface area contributed by atoms with Gasteiger partial charge in [0, 0.05) is 5.02 Å². The van der Waals surface area contributed by atoms with Crippen LogP contribution in [0.25, 0.3) is 0 Å². The molecule has 0 aliphatic heterocycles. The van der Waals surface area contributed by atoms with Crippen molar-refractivity contribution in [3.05, 3.63) is 41.3 Å². The number of methoxy groups -OCH3 is 1. The van der Waals surface area contributed by atoms with E-state index in [1.807, 2.05) is 0 Å². The molecule has 0 aliphatic carbocycles. The number of aromatic amines is 1. The zero-order valence-corrected chi connectivity index (χ0v) is 11.8. The van der Waals surface area contributed by atoms with Gasteiger partial charge in [0.1, 0.15) is 0 Å². The normalized spacial score (nSPS) is 11.1. The Morgan fingerprint density at radius 2 is 2.20 bits per heavy atom. The number of H-pyrrole nitrogens is 1. The molecule has 20 heavy (non-hydrogen) atoms. The molecule has 2 rings (SSSR count). The number of aromatic nitrogens is 2. The highest BCUT2D eigenvalue weighted by atomic mass is 35.5. The van der Waals surface area contributed by atoms with Gasteiger partial charge in [-0.25, -0.2) is 9.78 Å². The molecule has 2 aromatic rings. The molecule has 0 saturated carbocycles. The Bertz CT molecular complexity index is 728. The van der Waals surface area contributed by atoms with Crippen LogP contribution in [0.5, 0.6) is 0 Å². The smallest absolute Gasteiger partial charge is 0.340 e. The zero-order valence-electron chi connectivity index (χ0n) is 10.3. The van der Waals surface area contributed by atoms with Gasteiger partial charge in [-0.1, -0.05) is 11.6 Å². The average Bonchev–Trinajstić information content (AvgIpc) is 2.94. The van der Waals surface area contributed by atoms with Crippen LogP contribution in [-0.2, 0) is 14.8 Å². The van der Waals surface area contributed by atoms with Gasteiger partial charge in [0.05, 0.1) is 30.9 Å². The van der Waals surface area contributed by atoms with Gasteiger partial charge < -0.3 is 9.72 Å². The first kappa shape index (κ1) is 14.4. The maximum absolute atomic E-state index is 12.0. The Labute approximate surface area is 120 Å². The molecule has 0 bridgehead atoms. The van der Waals surface area contributed by atoms with Crippen molar-refractivity contribution in [2.45, 2.75) is 5.03 Å². The highest BCUT2D eigenvalue weighted by molar-refractivity contribution is 7.92. The minimum atomic E-state index is -3.87. The van der Waals surface area contributed by atoms with Crippen LogP contribution < -0.4 is 4.72 Å². The highest BCUT2D eigenvalue weighted by Crippen LogP contribution is 2.23. The van der Waals surface area contributed by atoms with Crippen LogP contribution in [0.15, 0.2) is 35.7 Å². The summed E-state index contributed by atoms with van der Waals surface area (Å²) in [7, 11) is -2.68. The Kier molecular flexibility index (Phi) is 3.96. The van der Waals surface area contributed by atoms with Gasteiger partial charge in [0.15, 0.2) is 5.03 Å². The molecule has 2 N–H and O–H groups in total. The van der Waals surface area contributed by atoms with Gasteiger partial charge in [-0.05, 0) is 18.2 Å². The van der Waals surface area contributed by atoms with E-state index >= 15 is 0 Å². The molecule has 1 aromatic heterocycles. The van der Waals surface area contributed by atoms with Crippen molar-refractivity contribution >= 4 is 33.3 Å². The fourth-order valence-corrected chi connectivity index (χ4v) is 2.63. The molecule has 1 aromatic carbocycles. The van der Waals surface area contributed by atoms with Gasteiger partial charge in [-0.2, -0.15) is 8.42 Å². The van der Waals surface area contributed by atoms with Crippen LogP contribution in [0, 0.1) is 0 Å². The fourth-order valence-electron chi connectivity index (χ4n) is 1.47. The largest absolute Gasteiger partial charge is 0.465 e. The van der Waals surface area contributed by atoms with Crippen molar-refractivity contribution in [3.63, 3.8) is 0 Å². The molecule has 0 unspecified atom stereocenters. The van der Waals surface area contributed by atoms with Crippen molar-refractivity contribution in [1.82, 2.24) is 9.97 Å². The van der Waals surface area contributed by atoms with E-state index in [-0.39, 0.29) is 21.3 Å². The van der Waals surface area contributed by atoms with Crippen LogP contribution in [0.3, 0.4) is 0 Å². The number of nitrogens with one attached hydrogen (secondary N) is 2. The summed E-state index contributed by atoms with van der Waals surface area (Å²) < 4.78 is 30.9. The Morgan fingerprint density at radius 1 is 1.45 bits per heavy atom. The summed E-state index contributed by atoms with van der Waals surface area (Å²) in [6.07, 6.45) is 2.38. The molecule has 0 spiro atoms. The van der Waals surface area contributed by atoms with Crippen molar-refractivity contribution in [2.24, 2.45) is 0 Å².